The minimum absolute atomic E-state index is 0. The molecular formula is C84H171F15O15Si4. The van der Waals surface area contributed by atoms with E-state index in [1.807, 2.05) is 0 Å². The molecule has 15 unspecified atom stereocenters. The summed E-state index contributed by atoms with van der Waals surface area (Å²) in [6.45, 7) is 42.3. The Morgan fingerprint density at radius 2 is 0.593 bits per heavy atom. The Morgan fingerprint density at radius 3 is 0.814 bits per heavy atom. The highest BCUT2D eigenvalue weighted by atomic mass is 28.4. The van der Waals surface area contributed by atoms with E-state index in [-0.39, 0.29) is 115 Å². The lowest BCUT2D eigenvalue weighted by molar-refractivity contribution is -0.374. The molecule has 0 N–H and O–H groups in total. The van der Waals surface area contributed by atoms with Crippen LogP contribution in [0.5, 0.6) is 0 Å². The maximum Gasteiger partial charge on any atom is 0.510 e. The number of carbonyl (C=O) groups is 3. The normalized spacial score (nSPS) is 24.5. The zero-order valence-electron chi connectivity index (χ0n) is 70.9. The van der Waals surface area contributed by atoms with Gasteiger partial charge in [-0.25, -0.2) is 14.4 Å². The van der Waals surface area contributed by atoms with E-state index in [2.05, 4.69) is 92.8 Å². The molecule has 0 aromatic carbocycles. The van der Waals surface area contributed by atoms with E-state index in [1.165, 1.54) is 27.2 Å². The average Bonchev–Trinajstić information content (AvgIpc) is 1.13. The maximum absolute atomic E-state index is 13.5. The third-order valence-corrected chi connectivity index (χ3v) is 25.9. The topological polar surface area (TPSA) is 162 Å². The lowest BCUT2D eigenvalue weighted by Gasteiger charge is -2.39. The molecule has 0 amide bonds. The molecule has 0 saturated heterocycles. The van der Waals surface area contributed by atoms with Gasteiger partial charge in [0.05, 0.1) is 0 Å². The predicted octanol–water partition coefficient (Wildman–Crippen LogP) is 30.1. The van der Waals surface area contributed by atoms with E-state index in [0.29, 0.717) is 61.4 Å². The van der Waals surface area contributed by atoms with Crippen LogP contribution in [0.2, 0.25) is 78.6 Å². The molecule has 34 heteroatoms. The number of ether oxygens (including phenoxy) is 8. The van der Waals surface area contributed by atoms with Gasteiger partial charge in [-0.05, 0) is 322 Å². The van der Waals surface area contributed by atoms with Crippen LogP contribution in [0.25, 0.3) is 0 Å². The van der Waals surface area contributed by atoms with Crippen molar-refractivity contribution in [1.82, 2.24) is 0 Å². The molecule has 0 spiro atoms. The Kier molecular flexibility index (Phi) is 58.9. The number of carbonyl (C=O) groups excluding carboxylic acids is 3. The van der Waals surface area contributed by atoms with Crippen molar-refractivity contribution in [3.63, 3.8) is 0 Å². The van der Waals surface area contributed by atoms with Crippen LogP contribution in [0.15, 0.2) is 0 Å². The van der Waals surface area contributed by atoms with Gasteiger partial charge in [0.1, 0.15) is 23.6 Å². The molecular weight excluding hydrogens is 1650 g/mol. The molecule has 8 bridgehead atoms. The van der Waals surface area contributed by atoms with E-state index < -0.39 is 135 Å². The zero-order valence-corrected chi connectivity index (χ0v) is 74.9. The van der Waals surface area contributed by atoms with E-state index >= 15 is 0 Å². The second-order valence-electron chi connectivity index (χ2n) is 38.0. The quantitative estimate of drug-likeness (QED) is 0.0300. The van der Waals surface area contributed by atoms with Gasteiger partial charge in [0.25, 0.3) is 0 Å². The number of fused-ring (bicyclic) bond motifs is 8. The van der Waals surface area contributed by atoms with Crippen molar-refractivity contribution in [2.75, 3.05) is 41.8 Å². The van der Waals surface area contributed by atoms with Crippen molar-refractivity contribution in [3.8, 4) is 0 Å². The van der Waals surface area contributed by atoms with Gasteiger partial charge in [-0.3, -0.25) is 0 Å². The van der Waals surface area contributed by atoms with Crippen LogP contribution < -0.4 is 0 Å². The van der Waals surface area contributed by atoms with E-state index in [4.69, 9.17) is 41.4 Å². The van der Waals surface area contributed by atoms with Gasteiger partial charge in [0.2, 0.25) is 11.7 Å². The Labute approximate surface area is 710 Å². The fourth-order valence-corrected chi connectivity index (χ4v) is 14.8. The van der Waals surface area contributed by atoms with E-state index in [1.54, 1.807) is 76.9 Å². The minimum atomic E-state index is -5.79. The molecule has 15 atom stereocenters. The van der Waals surface area contributed by atoms with Crippen LogP contribution in [0.1, 0.15) is 264 Å². The Hall–Kier alpha value is -2.61. The highest BCUT2D eigenvalue weighted by molar-refractivity contribution is 6.70. The molecule has 8 aliphatic carbocycles. The van der Waals surface area contributed by atoms with Gasteiger partial charge in [-0.1, -0.05) is 85.1 Å². The zero-order chi connectivity index (χ0) is 85.9. The first-order valence-corrected chi connectivity index (χ1v) is 52.4. The van der Waals surface area contributed by atoms with Gasteiger partial charge in [-0.15, -0.1) is 0 Å². The predicted molar refractivity (Wildman–Crippen MR) is 458 cm³/mol. The second-order valence-corrected chi connectivity index (χ2v) is 56.5. The van der Waals surface area contributed by atoms with Crippen LogP contribution >= 0.6 is 0 Å². The Bertz CT molecular complexity index is 2610. The highest BCUT2D eigenvalue weighted by Crippen LogP contribution is 2.58. The molecule has 8 fully saturated rings. The molecule has 0 radical (unpaired) electrons. The van der Waals surface area contributed by atoms with Crippen LogP contribution in [-0.2, 0) is 55.6 Å². The molecule has 0 aliphatic heterocycles. The molecule has 0 heterocycles. The third kappa shape index (κ3) is 50.5. The summed E-state index contributed by atoms with van der Waals surface area (Å²) >= 11 is 0. The summed E-state index contributed by atoms with van der Waals surface area (Å²) in [6.07, 6.45) is -20.0. The number of rotatable bonds is 19. The summed E-state index contributed by atoms with van der Waals surface area (Å²) in [6, 6.07) is 0. The summed E-state index contributed by atoms with van der Waals surface area (Å²) in [5.41, 5.74) is -10.0. The molecule has 8 aliphatic rings. The molecule has 718 valence electrons. The first kappa shape index (κ1) is 131. The van der Waals surface area contributed by atoms with Crippen LogP contribution in [0, 0.1) is 71.0 Å². The fraction of sp³-hybridized carbons (Fsp3) is 0.964. The fourth-order valence-electron chi connectivity index (χ4n) is 14.8. The number of hydrogen-bond donors (Lipinski definition) is 0. The number of hydrogen-bond acceptors (Lipinski definition) is 15. The third-order valence-electron chi connectivity index (χ3n) is 21.0. The van der Waals surface area contributed by atoms with Crippen molar-refractivity contribution in [2.45, 2.75) is 414 Å². The number of halogens is 15. The first-order chi connectivity index (χ1) is 49.3. The smallest absolute Gasteiger partial charge is 0.429 e. The molecule has 118 heavy (non-hydrogen) atoms. The Morgan fingerprint density at radius 1 is 0.339 bits per heavy atom. The molecule has 8 rings (SSSR count). The van der Waals surface area contributed by atoms with E-state index in [9.17, 15) is 80.2 Å². The summed E-state index contributed by atoms with van der Waals surface area (Å²) in [5, 5.41) is 0. The lowest BCUT2D eigenvalue weighted by Crippen LogP contribution is -2.61. The van der Waals surface area contributed by atoms with Gasteiger partial charge in [-0.2, -0.15) is 65.9 Å². The highest BCUT2D eigenvalue weighted by Gasteiger charge is 2.75. The first-order valence-electron chi connectivity index (χ1n) is 38.8. The van der Waals surface area contributed by atoms with Crippen molar-refractivity contribution >= 4 is 51.7 Å². The van der Waals surface area contributed by atoms with Gasteiger partial charge >= 0.3 is 54.9 Å². The van der Waals surface area contributed by atoms with Crippen molar-refractivity contribution in [1.29, 1.82) is 0 Å². The van der Waals surface area contributed by atoms with Crippen LogP contribution in [0.4, 0.5) is 80.2 Å². The SMILES string of the molecule is C.C.C.C.C.C.C.C.CC(C)(C)OC(=O)OC(C)(CC1CC2CCC1C2)C(F)(F)F.CC(C)(C)OC(=O)OC(CC1CC2CCC1C2)(C(F)(F)F)C(F)(F)F.CC(C)(C)OC(=O)OC(CC1CC2CCC1C2)C(F)(F)F.CCOCOC(CC1CC2CCC1C2)C(F)(F)F.CO[Si](C)(C)C.CO[Si](C)(C)C.CO[Si](C)(C)C.CO[Si](C)(C)C. The largest absolute Gasteiger partial charge is 0.510 e. The van der Waals surface area contributed by atoms with Gasteiger partial charge in [0.15, 0.2) is 39.4 Å². The second kappa shape index (κ2) is 53.1. The standard InChI is InChI=1S/C16H22F6O3.C16H25F3O3.C15H23F3O3.C13H21F3O2.4C4H12OSi.8CH4/c1-13(2,3)24-12(23)25-14(15(17,18)19,16(20,21)22)8-11-7-9-4-5-10(11)6-9;1-14(2,3)21-13(20)22-15(4,16(17,18)19)9-12-8-10-5-6-11(12)7-10;1-14(2,3)21-13(19)20-12(15(16,17)18)8-11-7-9-4-5-10(11)6-9;1-2-17-8-18-12(13(14,15)16)7-11-6-9-3-4-10(11)5-9;4*1-5-6(2,3)4;;;;;;;;/h9-11H,4-8H2,1-3H3;10-12H,5-9H2,1-4H3;9-12H,4-8H2,1-3H3;9-12H,2-8H2,1H3;4*1-4H3;8*1H4. The monoisotopic (exact) mass is 1820 g/mol. The summed E-state index contributed by atoms with van der Waals surface area (Å²) in [5.74, 6) is 2.37. The van der Waals surface area contributed by atoms with E-state index in [0.717, 1.165) is 84.0 Å². The lowest BCUT2D eigenvalue weighted by atomic mass is 9.79. The maximum atomic E-state index is 13.5. The van der Waals surface area contributed by atoms with Gasteiger partial charge in [0, 0.05) is 41.5 Å². The van der Waals surface area contributed by atoms with Crippen LogP contribution in [-0.4, -0.2) is 165 Å². The van der Waals surface area contributed by atoms with Crippen molar-refractivity contribution in [2.24, 2.45) is 71.0 Å². The summed E-state index contributed by atoms with van der Waals surface area (Å²) in [7, 11) is 2.56. The number of alkyl halides is 15. The Balaban J connectivity index is -0.000000204. The summed E-state index contributed by atoms with van der Waals surface area (Å²) < 4.78 is 257. The summed E-state index contributed by atoms with van der Waals surface area (Å²) in [4.78, 5) is 34.9. The average molecular weight is 1820 g/mol. The molecule has 8 saturated carbocycles. The molecule has 0 aromatic heterocycles. The van der Waals surface area contributed by atoms with Crippen molar-refractivity contribution in [3.05, 3.63) is 0 Å². The molecule has 0 aromatic rings. The van der Waals surface area contributed by atoms with Crippen LogP contribution in [0.3, 0.4) is 0 Å². The van der Waals surface area contributed by atoms with Gasteiger partial charge < -0.3 is 55.6 Å². The molecule has 15 nitrogen and oxygen atoms in total. The minimum Gasteiger partial charge on any atom is -0.429 e. The van der Waals surface area contributed by atoms with Crippen molar-refractivity contribution < 1.29 is 136 Å².